The molecule has 2 unspecified atom stereocenters. The van der Waals surface area contributed by atoms with Gasteiger partial charge in [0.1, 0.15) is 17.1 Å². The first-order valence-corrected chi connectivity index (χ1v) is 49.7. The van der Waals surface area contributed by atoms with Crippen molar-refractivity contribution in [3.8, 4) is 128 Å². The number of hydrogen-bond acceptors (Lipinski definition) is 5. The van der Waals surface area contributed by atoms with Crippen LogP contribution in [0.3, 0.4) is 0 Å². The second-order valence-electron chi connectivity index (χ2n) is 39.2. The Balaban J connectivity index is 0.541. The lowest BCUT2D eigenvalue weighted by Crippen LogP contribution is -2.55. The number of nitrogens with zero attached hydrogens (tertiary/aromatic N) is 2. The monoisotopic (exact) mass is 1770 g/mol. The Hall–Kier alpha value is -15.9. The van der Waals surface area contributed by atoms with Gasteiger partial charge in [0.15, 0.2) is 5.58 Å². The minimum absolute atomic E-state index is 0.0833. The van der Waals surface area contributed by atoms with Crippen molar-refractivity contribution in [1.29, 1.82) is 0 Å². The van der Waals surface area contributed by atoms with Gasteiger partial charge in [-0.2, -0.15) is 0 Å². The molecule has 0 saturated heterocycles. The third-order valence-electron chi connectivity index (χ3n) is 32.0. The number of thiophene rings is 1. The molecule has 4 bridgehead atoms. The van der Waals surface area contributed by atoms with Crippen LogP contribution >= 0.6 is 11.3 Å². The van der Waals surface area contributed by atoms with E-state index in [1.807, 2.05) is 11.3 Å². The lowest BCUT2D eigenvalue weighted by Gasteiger charge is -2.61. The van der Waals surface area contributed by atoms with Crippen molar-refractivity contribution in [3.63, 3.8) is 0 Å². The number of ether oxygens (including phenoxy) is 1. The van der Waals surface area contributed by atoms with Crippen LogP contribution in [-0.4, -0.2) is 0 Å². The van der Waals surface area contributed by atoms with E-state index in [0.29, 0.717) is 11.8 Å². The fraction of sp³-hybridized carbons (Fsp3) is 0.106. The van der Waals surface area contributed by atoms with Crippen molar-refractivity contribution >= 4 is 87.6 Å². The Kier molecular flexibility index (Phi) is 18.4. The summed E-state index contributed by atoms with van der Waals surface area (Å²) in [6.45, 7) is 2.35. The van der Waals surface area contributed by atoms with Crippen LogP contribution in [0.1, 0.15) is 73.3 Å². The molecule has 19 aromatic carbocycles. The zero-order chi connectivity index (χ0) is 90.1. The Labute approximate surface area is 802 Å². The quantitative estimate of drug-likeness (QED) is 0.102. The van der Waals surface area contributed by atoms with Crippen LogP contribution in [0.4, 0.5) is 34.1 Å². The maximum atomic E-state index is 7.31. The first-order valence-electron chi connectivity index (χ1n) is 48.9. The summed E-state index contributed by atoms with van der Waals surface area (Å²) in [6.07, 6.45) is 12.3. The van der Waals surface area contributed by atoms with Crippen molar-refractivity contribution < 1.29 is 9.15 Å². The molecule has 2 spiro atoms. The molecule has 650 valence electrons. The molecule has 2 aromatic heterocycles. The molecule has 29 rings (SSSR count). The molecule has 3 heterocycles. The van der Waals surface area contributed by atoms with Gasteiger partial charge in [-0.1, -0.05) is 359 Å². The minimum Gasteiger partial charge on any atom is -0.457 e. The first-order chi connectivity index (χ1) is 67.8. The summed E-state index contributed by atoms with van der Waals surface area (Å²) >= 11 is 1.87. The van der Waals surface area contributed by atoms with Gasteiger partial charge in [0.2, 0.25) is 0 Å². The van der Waals surface area contributed by atoms with E-state index in [-0.39, 0.29) is 11.3 Å². The SMILES string of the molecule is CC1C=CC2=C(C1)C1(c3cc(-c4cccc(-c5ccccc5-c5ccccc5-c5ccccc5N(c5ccc(-c6ccc7c(c6)C6(c8ccccc8-7)C7CC8CC(C7)CC6C8)cc5)c5cccc6c5oc5ccccc56)c4)ccc3O2)c2ccccc2-c2ccc(-c3ccc(N(c4ccccc4-c4ccccc4-c4ccccc4-c4ccccc4)c4cccc5c4sc4ccccc45)cc3)cc21. The molecule has 8 aliphatic rings. The van der Waals surface area contributed by atoms with Crippen LogP contribution in [0.25, 0.3) is 165 Å². The smallest absolute Gasteiger partial charge is 0.159 e. The van der Waals surface area contributed by atoms with Crippen molar-refractivity contribution in [2.24, 2.45) is 29.6 Å². The molecule has 0 radical (unpaired) electrons. The highest BCUT2D eigenvalue weighted by Gasteiger charge is 2.62. The van der Waals surface area contributed by atoms with Gasteiger partial charge >= 0.3 is 0 Å². The Bertz CT molecular complexity index is 8570. The standard InChI is InChI=1S/C132H94N2O2S/c1-82-56-70-126-119(72-82)132(116-49-20-14-41-106(116)108-69-62-90(80-118(108)132)86-59-66-96(67-60-86)134(124-53-27-47-114-112-45-18-24-55-128(112)137-130(114)124)122-51-22-16-43-110(122)103-38-11-9-36-101(103)99-34-7-5-32-97(99)87-28-3-2-4-29-87)120-81-91(63-71-127(120)135-126)88-30-25-31-92(78-88)98-33-6-8-35-100(98)102-37-10-12-39-104(102)109-42-15-21-50-121(109)133(123-52-26-46-113-111-44-17-23-54-125(111)136-129(113)123)95-64-57-85(58-65-95)89-61-68-107-105-40-13-19-48-115(105)131(117(107)79-89)93-74-83-73-84(76-93)77-94(131)75-83/h2-71,78-84,93-94H,72-77H2,1H3. The highest BCUT2D eigenvalue weighted by molar-refractivity contribution is 7.26. The number of rotatable bonds is 15. The Morgan fingerprint density at radius 2 is 0.708 bits per heavy atom. The van der Waals surface area contributed by atoms with Gasteiger partial charge < -0.3 is 19.0 Å². The van der Waals surface area contributed by atoms with E-state index in [1.165, 1.54) is 125 Å². The third-order valence-corrected chi connectivity index (χ3v) is 33.2. The number of anilines is 6. The molecule has 21 aromatic rings. The molecule has 4 fully saturated rings. The van der Waals surface area contributed by atoms with Gasteiger partial charge in [0, 0.05) is 59.7 Å². The number of allylic oxidation sites excluding steroid dienone is 3. The maximum absolute atomic E-state index is 7.31. The molecule has 5 heteroatoms. The molecule has 4 saturated carbocycles. The van der Waals surface area contributed by atoms with Crippen LogP contribution in [0.15, 0.2) is 465 Å². The maximum Gasteiger partial charge on any atom is 0.159 e. The molecular formula is C132H94N2O2S. The van der Waals surface area contributed by atoms with E-state index in [2.05, 4.69) is 466 Å². The highest BCUT2D eigenvalue weighted by Crippen LogP contribution is 2.71. The van der Waals surface area contributed by atoms with Crippen molar-refractivity contribution in [2.75, 3.05) is 9.80 Å². The van der Waals surface area contributed by atoms with E-state index < -0.39 is 5.41 Å². The fourth-order valence-corrected chi connectivity index (χ4v) is 27.6. The van der Waals surface area contributed by atoms with Crippen LogP contribution < -0.4 is 14.5 Å². The second-order valence-corrected chi connectivity index (χ2v) is 40.2. The number of benzene rings is 19. The zero-order valence-electron chi connectivity index (χ0n) is 76.0. The van der Waals surface area contributed by atoms with E-state index in [0.717, 1.165) is 158 Å². The second kappa shape index (κ2) is 31.6. The summed E-state index contributed by atoms with van der Waals surface area (Å²) in [5, 5.41) is 4.70. The van der Waals surface area contributed by atoms with Crippen LogP contribution in [0.2, 0.25) is 0 Å². The van der Waals surface area contributed by atoms with Crippen molar-refractivity contribution in [1.82, 2.24) is 0 Å². The topological polar surface area (TPSA) is 28.9 Å². The molecule has 2 atom stereocenters. The number of para-hydroxylation sites is 4. The molecule has 1 aliphatic heterocycles. The summed E-state index contributed by atoms with van der Waals surface area (Å²) in [6, 6.07) is 164. The van der Waals surface area contributed by atoms with Gasteiger partial charge in [0.25, 0.3) is 0 Å². The van der Waals surface area contributed by atoms with Gasteiger partial charge in [-0.25, -0.2) is 0 Å². The Morgan fingerprint density at radius 1 is 0.285 bits per heavy atom. The number of hydrogen-bond donors (Lipinski definition) is 0. The molecule has 4 nitrogen and oxygen atoms in total. The van der Waals surface area contributed by atoms with Gasteiger partial charge in [-0.3, -0.25) is 0 Å². The van der Waals surface area contributed by atoms with E-state index in [1.54, 1.807) is 11.1 Å². The van der Waals surface area contributed by atoms with Crippen LogP contribution in [0.5, 0.6) is 5.75 Å². The van der Waals surface area contributed by atoms with E-state index >= 15 is 0 Å². The van der Waals surface area contributed by atoms with Crippen molar-refractivity contribution in [3.05, 3.63) is 488 Å². The number of fused-ring (bicyclic) bond motifs is 17. The average Bonchev–Trinajstić information content (AvgIpc) is 1.53. The molecule has 137 heavy (non-hydrogen) atoms. The summed E-state index contributed by atoms with van der Waals surface area (Å²) in [4.78, 5) is 4.97. The first kappa shape index (κ1) is 79.6. The predicted molar refractivity (Wildman–Crippen MR) is 570 cm³/mol. The normalized spacial score (nSPS) is 18.8. The number of furan rings is 1. The Morgan fingerprint density at radius 3 is 1.36 bits per heavy atom. The minimum atomic E-state index is -0.697. The lowest BCUT2D eigenvalue weighted by molar-refractivity contribution is -0.0399. The molecule has 0 amide bonds. The summed E-state index contributed by atoms with van der Waals surface area (Å²) < 4.78 is 16.9. The van der Waals surface area contributed by atoms with Crippen molar-refractivity contribution in [2.45, 2.75) is 56.3 Å². The predicted octanol–water partition coefficient (Wildman–Crippen LogP) is 36.2. The molecule has 7 aliphatic carbocycles. The molecular weight excluding hydrogens is 1680 g/mol. The highest BCUT2D eigenvalue weighted by atomic mass is 32.1. The summed E-state index contributed by atoms with van der Waals surface area (Å²) in [5.74, 6) is 5.23. The lowest BCUT2D eigenvalue weighted by atomic mass is 9.43. The van der Waals surface area contributed by atoms with Crippen LogP contribution in [-0.2, 0) is 10.8 Å². The third kappa shape index (κ3) is 12.4. The summed E-state index contributed by atoms with van der Waals surface area (Å²) in [5.41, 5.74) is 41.9. The van der Waals surface area contributed by atoms with E-state index in [9.17, 15) is 0 Å². The fourth-order valence-electron chi connectivity index (χ4n) is 26.4. The zero-order valence-corrected chi connectivity index (χ0v) is 76.8. The largest absolute Gasteiger partial charge is 0.457 e. The van der Waals surface area contributed by atoms with Crippen LogP contribution in [0, 0.1) is 29.6 Å². The average molecular weight is 1770 g/mol. The molecule has 0 N–H and O–H groups in total. The van der Waals surface area contributed by atoms with Gasteiger partial charge in [-0.15, -0.1) is 11.3 Å². The van der Waals surface area contributed by atoms with Gasteiger partial charge in [-0.05, 0) is 304 Å². The van der Waals surface area contributed by atoms with Gasteiger partial charge in [0.05, 0.1) is 32.9 Å². The summed E-state index contributed by atoms with van der Waals surface area (Å²) in [7, 11) is 0. The van der Waals surface area contributed by atoms with E-state index in [4.69, 9.17) is 9.15 Å².